The third-order valence-electron chi connectivity index (χ3n) is 2.78. The van der Waals surface area contributed by atoms with Crippen molar-refractivity contribution >= 4 is 5.78 Å². The number of aryl methyl sites for hydroxylation is 1. The van der Waals surface area contributed by atoms with Gasteiger partial charge in [-0.2, -0.15) is 4.98 Å². The number of hydrogen-bond donors (Lipinski definition) is 0. The van der Waals surface area contributed by atoms with Crippen LogP contribution in [0.4, 0.5) is 4.39 Å². The zero-order valence-corrected chi connectivity index (χ0v) is 11.1. The first kappa shape index (κ1) is 13.3. The van der Waals surface area contributed by atoms with Crippen molar-refractivity contribution in [1.82, 2.24) is 9.55 Å². The maximum Gasteiger partial charge on any atom is 0.302 e. The lowest BCUT2D eigenvalue weighted by atomic mass is 10.2. The summed E-state index contributed by atoms with van der Waals surface area (Å²) in [5, 5.41) is 0. The largest absolute Gasteiger partial charge is 0.425 e. The van der Waals surface area contributed by atoms with E-state index in [1.54, 1.807) is 11.5 Å². The third kappa shape index (κ3) is 2.65. The lowest BCUT2D eigenvalue weighted by molar-refractivity contribution is 0.100. The molecule has 0 aliphatic rings. The number of halogens is 1. The van der Waals surface area contributed by atoms with Crippen LogP contribution >= 0.6 is 0 Å². The summed E-state index contributed by atoms with van der Waals surface area (Å²) in [6.07, 6.45) is 0. The molecule has 0 saturated heterocycles. The van der Waals surface area contributed by atoms with Gasteiger partial charge < -0.3 is 4.74 Å². The van der Waals surface area contributed by atoms with E-state index in [1.165, 1.54) is 31.2 Å². The molecule has 0 amide bonds. The quantitative estimate of drug-likeness (QED) is 0.794. The van der Waals surface area contributed by atoms with Crippen LogP contribution in [0.15, 0.2) is 24.3 Å². The van der Waals surface area contributed by atoms with E-state index in [2.05, 4.69) is 4.98 Å². The lowest BCUT2D eigenvalue weighted by Crippen LogP contribution is -2.07. The second-order valence-electron chi connectivity index (χ2n) is 4.18. The van der Waals surface area contributed by atoms with Gasteiger partial charge in [0.1, 0.15) is 17.3 Å². The van der Waals surface area contributed by atoms with Gasteiger partial charge in [-0.3, -0.25) is 9.36 Å². The fraction of sp³-hybridized carbons (Fsp3) is 0.286. The summed E-state index contributed by atoms with van der Waals surface area (Å²) in [7, 11) is 0. The first-order valence-corrected chi connectivity index (χ1v) is 6.04. The highest BCUT2D eigenvalue weighted by Gasteiger charge is 2.18. The Labute approximate surface area is 110 Å². The average molecular weight is 262 g/mol. The average Bonchev–Trinajstić information content (AvgIpc) is 2.68. The minimum absolute atomic E-state index is 0.0548. The minimum atomic E-state index is -0.327. The Morgan fingerprint density at radius 2 is 2.00 bits per heavy atom. The first-order valence-electron chi connectivity index (χ1n) is 6.04. The van der Waals surface area contributed by atoms with E-state index < -0.39 is 0 Å². The van der Waals surface area contributed by atoms with Gasteiger partial charge >= 0.3 is 6.01 Å². The monoisotopic (exact) mass is 262 g/mol. The number of Topliss-reactive ketones (excluding diaryl/α,β-unsaturated/α-hetero) is 1. The van der Waals surface area contributed by atoms with Gasteiger partial charge in [0.25, 0.3) is 0 Å². The van der Waals surface area contributed by atoms with E-state index in [1.807, 2.05) is 6.92 Å². The molecule has 4 nitrogen and oxygen atoms in total. The summed E-state index contributed by atoms with van der Waals surface area (Å²) in [5.74, 6) is 0.101. The van der Waals surface area contributed by atoms with E-state index in [4.69, 9.17) is 4.74 Å². The smallest absolute Gasteiger partial charge is 0.302 e. The molecular formula is C14H15FN2O2. The van der Waals surface area contributed by atoms with Crippen molar-refractivity contribution in [3.63, 3.8) is 0 Å². The Morgan fingerprint density at radius 3 is 2.53 bits per heavy atom. The predicted molar refractivity (Wildman–Crippen MR) is 69.1 cm³/mol. The van der Waals surface area contributed by atoms with Gasteiger partial charge in [0, 0.05) is 13.5 Å². The number of carbonyl (C=O) groups excluding carboxylic acids is 1. The van der Waals surface area contributed by atoms with Crippen LogP contribution in [-0.4, -0.2) is 15.3 Å². The van der Waals surface area contributed by atoms with Crippen LogP contribution < -0.4 is 4.74 Å². The molecule has 1 aromatic heterocycles. The van der Waals surface area contributed by atoms with Crippen LogP contribution in [-0.2, 0) is 6.54 Å². The molecule has 0 aliphatic heterocycles. The number of benzene rings is 1. The molecule has 0 bridgehead atoms. The third-order valence-corrected chi connectivity index (χ3v) is 2.78. The van der Waals surface area contributed by atoms with Crippen molar-refractivity contribution in [3.8, 4) is 11.8 Å². The van der Waals surface area contributed by atoms with Crippen molar-refractivity contribution < 1.29 is 13.9 Å². The van der Waals surface area contributed by atoms with Crippen molar-refractivity contribution in [2.24, 2.45) is 0 Å². The summed E-state index contributed by atoms with van der Waals surface area (Å²) in [6.45, 7) is 5.75. The Kier molecular flexibility index (Phi) is 3.64. The second-order valence-corrected chi connectivity index (χ2v) is 4.18. The lowest BCUT2D eigenvalue weighted by Gasteiger charge is -2.08. The molecule has 1 heterocycles. The van der Waals surface area contributed by atoms with Gasteiger partial charge in [-0.15, -0.1) is 0 Å². The SMILES string of the molecule is CCn1c(Oc2ccc(F)cc2)nc(C)c1C(C)=O. The Balaban J connectivity index is 2.37. The van der Waals surface area contributed by atoms with Gasteiger partial charge in [0.05, 0.1) is 5.69 Å². The van der Waals surface area contributed by atoms with Crippen LogP contribution in [0.25, 0.3) is 0 Å². The number of aromatic nitrogens is 2. The van der Waals surface area contributed by atoms with Crippen LogP contribution in [0, 0.1) is 12.7 Å². The number of carbonyl (C=O) groups is 1. The Bertz CT molecular complexity index is 603. The van der Waals surface area contributed by atoms with E-state index in [9.17, 15) is 9.18 Å². The molecule has 1 aromatic carbocycles. The van der Waals surface area contributed by atoms with E-state index in [0.29, 0.717) is 29.7 Å². The molecule has 5 heteroatoms. The molecular weight excluding hydrogens is 247 g/mol. The van der Waals surface area contributed by atoms with Crippen molar-refractivity contribution in [1.29, 1.82) is 0 Å². The number of imidazole rings is 1. The molecule has 19 heavy (non-hydrogen) atoms. The van der Waals surface area contributed by atoms with Crippen molar-refractivity contribution in [3.05, 3.63) is 41.5 Å². The van der Waals surface area contributed by atoms with Gasteiger partial charge in [0.15, 0.2) is 5.78 Å². The van der Waals surface area contributed by atoms with Crippen LogP contribution in [0.2, 0.25) is 0 Å². The molecule has 100 valence electrons. The van der Waals surface area contributed by atoms with Gasteiger partial charge in [-0.1, -0.05) is 0 Å². The molecule has 0 fully saturated rings. The van der Waals surface area contributed by atoms with Gasteiger partial charge in [-0.25, -0.2) is 4.39 Å². The van der Waals surface area contributed by atoms with Crippen LogP contribution in [0.3, 0.4) is 0 Å². The number of ketones is 1. The summed E-state index contributed by atoms with van der Waals surface area (Å²) < 4.78 is 20.1. The highest BCUT2D eigenvalue weighted by molar-refractivity contribution is 5.93. The van der Waals surface area contributed by atoms with Crippen molar-refractivity contribution in [2.75, 3.05) is 0 Å². The molecule has 0 unspecified atom stereocenters. The summed E-state index contributed by atoms with van der Waals surface area (Å²) in [5.41, 5.74) is 1.17. The zero-order chi connectivity index (χ0) is 14.0. The number of ether oxygens (including phenoxy) is 1. The minimum Gasteiger partial charge on any atom is -0.425 e. The predicted octanol–water partition coefficient (Wildman–Crippen LogP) is 3.35. The molecule has 0 saturated carbocycles. The number of hydrogen-bond acceptors (Lipinski definition) is 3. The Hall–Kier alpha value is -2.17. The van der Waals surface area contributed by atoms with Crippen molar-refractivity contribution in [2.45, 2.75) is 27.3 Å². The fourth-order valence-electron chi connectivity index (χ4n) is 1.97. The van der Waals surface area contributed by atoms with Gasteiger partial charge in [0.2, 0.25) is 0 Å². The highest BCUT2D eigenvalue weighted by atomic mass is 19.1. The van der Waals surface area contributed by atoms with Crippen LogP contribution in [0.5, 0.6) is 11.8 Å². The van der Waals surface area contributed by atoms with Crippen LogP contribution in [0.1, 0.15) is 30.0 Å². The number of rotatable bonds is 4. The van der Waals surface area contributed by atoms with E-state index >= 15 is 0 Å². The van der Waals surface area contributed by atoms with E-state index in [-0.39, 0.29) is 11.6 Å². The van der Waals surface area contributed by atoms with E-state index in [0.717, 1.165) is 0 Å². The molecule has 0 aliphatic carbocycles. The maximum atomic E-state index is 12.8. The second kappa shape index (κ2) is 5.22. The Morgan fingerprint density at radius 1 is 1.37 bits per heavy atom. The van der Waals surface area contributed by atoms with Gasteiger partial charge in [-0.05, 0) is 38.1 Å². The molecule has 0 N–H and O–H groups in total. The summed E-state index contributed by atoms with van der Waals surface area (Å²) >= 11 is 0. The molecule has 0 atom stereocenters. The molecule has 2 aromatic rings. The standard InChI is InChI=1S/C14H15FN2O2/c1-4-17-13(10(3)18)9(2)16-14(17)19-12-7-5-11(15)6-8-12/h5-8H,4H2,1-3H3. The first-order chi connectivity index (χ1) is 9.02. The number of nitrogens with zero attached hydrogens (tertiary/aromatic N) is 2. The fourth-order valence-corrected chi connectivity index (χ4v) is 1.97. The molecule has 0 radical (unpaired) electrons. The normalized spacial score (nSPS) is 10.5. The summed E-state index contributed by atoms with van der Waals surface area (Å²) in [6, 6.07) is 6.01. The maximum absolute atomic E-state index is 12.8. The zero-order valence-electron chi connectivity index (χ0n) is 11.1. The highest BCUT2D eigenvalue weighted by Crippen LogP contribution is 2.24. The summed E-state index contributed by atoms with van der Waals surface area (Å²) in [4.78, 5) is 15.8. The topological polar surface area (TPSA) is 44.1 Å². The molecule has 2 rings (SSSR count). The molecule has 0 spiro atoms.